The highest BCUT2D eigenvalue weighted by atomic mass is 35.5. The summed E-state index contributed by atoms with van der Waals surface area (Å²) in [5.41, 5.74) is 0.687. The van der Waals surface area contributed by atoms with E-state index in [-0.39, 0.29) is 18.1 Å². The zero-order valence-corrected chi connectivity index (χ0v) is 18.6. The minimum atomic E-state index is -0.102. The molecule has 0 aliphatic carbocycles. The van der Waals surface area contributed by atoms with Crippen LogP contribution in [0.15, 0.2) is 46.1 Å². The molecule has 0 bridgehead atoms. The highest BCUT2D eigenvalue weighted by Gasteiger charge is 2.17. The van der Waals surface area contributed by atoms with Crippen LogP contribution in [-0.2, 0) is 11.2 Å². The Hall–Kier alpha value is -2.12. The minimum Gasteiger partial charge on any atom is -0.360 e. The number of nitriles is 1. The summed E-state index contributed by atoms with van der Waals surface area (Å²) in [6.07, 6.45) is 1.19. The van der Waals surface area contributed by atoms with E-state index in [0.29, 0.717) is 17.3 Å². The molecule has 0 aliphatic heterocycles. The first-order valence-corrected chi connectivity index (χ1v) is 11.9. The number of nitrogens with zero attached hydrogens (tertiary/aromatic N) is 4. The van der Waals surface area contributed by atoms with Crippen LogP contribution in [0, 0.1) is 11.3 Å². The number of thioether (sulfide) groups is 1. The molecule has 1 N–H and O–H groups in total. The molecule has 0 saturated carbocycles. The molecule has 0 aliphatic rings. The number of rotatable bonds is 10. The first kappa shape index (κ1) is 21.6. The maximum atomic E-state index is 12.7. The van der Waals surface area contributed by atoms with E-state index in [1.807, 2.05) is 12.1 Å². The second-order valence-corrected chi connectivity index (χ2v) is 9.52. The van der Waals surface area contributed by atoms with Gasteiger partial charge in [0, 0.05) is 28.7 Å². The van der Waals surface area contributed by atoms with E-state index in [0.717, 1.165) is 22.4 Å². The number of thiophene rings is 1. The Balaban J connectivity index is 1.52. The maximum absolute atomic E-state index is 12.7. The number of aromatic nitrogens is 2. The van der Waals surface area contributed by atoms with E-state index in [1.165, 1.54) is 28.0 Å². The molecule has 6 nitrogen and oxygen atoms in total. The summed E-state index contributed by atoms with van der Waals surface area (Å²) in [7, 11) is 0. The van der Waals surface area contributed by atoms with Gasteiger partial charge in [0.2, 0.25) is 11.0 Å². The summed E-state index contributed by atoms with van der Waals surface area (Å²) in [5.74, 6) is 0.108. The van der Waals surface area contributed by atoms with Crippen molar-refractivity contribution in [2.24, 2.45) is 0 Å². The lowest BCUT2D eigenvalue weighted by Gasteiger charge is -2.21. The van der Waals surface area contributed by atoms with Gasteiger partial charge in [-0.05, 0) is 36.1 Å². The maximum Gasteiger partial charge on any atom is 0.237 e. The van der Waals surface area contributed by atoms with Gasteiger partial charge < -0.3 is 10.2 Å². The monoisotopic (exact) mass is 463 g/mol. The van der Waals surface area contributed by atoms with Crippen molar-refractivity contribution >= 4 is 62.8 Å². The Morgan fingerprint density at radius 3 is 2.97 bits per heavy atom. The second-order valence-electron chi connectivity index (χ2n) is 5.85. The lowest BCUT2D eigenvalue weighted by molar-refractivity contribution is -0.116. The molecule has 0 radical (unpaired) electrons. The van der Waals surface area contributed by atoms with Gasteiger partial charge in [-0.25, -0.2) is 0 Å². The van der Waals surface area contributed by atoms with Crippen molar-refractivity contribution in [3.05, 3.63) is 51.7 Å². The molecule has 10 heteroatoms. The van der Waals surface area contributed by atoms with Gasteiger partial charge in [-0.15, -0.1) is 21.5 Å². The van der Waals surface area contributed by atoms with Crippen molar-refractivity contribution in [1.82, 2.24) is 10.2 Å². The summed E-state index contributed by atoms with van der Waals surface area (Å²) in [6.45, 7) is 1.11. The van der Waals surface area contributed by atoms with Crippen LogP contribution in [0.2, 0.25) is 5.02 Å². The third-order valence-electron chi connectivity index (χ3n) is 3.82. The standard InChI is InChI=1S/C19H18ClN5OS3/c20-14-4-1-5-15(12-14)25(10-3-8-21)17(26)13-28-19-24-23-18(29-19)22-9-7-16-6-2-11-27-16/h1-2,4-6,11-12H,3,7,9-10,13H2,(H,22,23). The number of hydrogen-bond acceptors (Lipinski definition) is 8. The van der Waals surface area contributed by atoms with E-state index in [4.69, 9.17) is 16.9 Å². The summed E-state index contributed by atoms with van der Waals surface area (Å²) >= 11 is 10.6. The van der Waals surface area contributed by atoms with Gasteiger partial charge in [0.1, 0.15) is 0 Å². The molecule has 0 saturated heterocycles. The van der Waals surface area contributed by atoms with E-state index >= 15 is 0 Å². The number of anilines is 2. The van der Waals surface area contributed by atoms with Crippen molar-refractivity contribution in [1.29, 1.82) is 5.26 Å². The van der Waals surface area contributed by atoms with Crippen LogP contribution < -0.4 is 10.2 Å². The highest BCUT2D eigenvalue weighted by Crippen LogP contribution is 2.27. The summed E-state index contributed by atoms with van der Waals surface area (Å²) in [4.78, 5) is 15.6. The molecule has 29 heavy (non-hydrogen) atoms. The summed E-state index contributed by atoms with van der Waals surface area (Å²) in [5, 5.41) is 23.8. The highest BCUT2D eigenvalue weighted by molar-refractivity contribution is 8.01. The molecule has 0 atom stereocenters. The molecule has 2 aromatic heterocycles. The number of hydrogen-bond donors (Lipinski definition) is 1. The Labute approximate surface area is 186 Å². The van der Waals surface area contributed by atoms with Gasteiger partial charge in [0.05, 0.1) is 18.2 Å². The fourth-order valence-corrected chi connectivity index (χ4v) is 5.04. The molecule has 3 aromatic rings. The largest absolute Gasteiger partial charge is 0.360 e. The molecule has 3 rings (SSSR count). The molecule has 0 unspecified atom stereocenters. The average Bonchev–Trinajstić information content (AvgIpc) is 3.39. The number of carbonyl (C=O) groups is 1. The molecule has 1 aromatic carbocycles. The molecule has 0 spiro atoms. The third-order valence-corrected chi connectivity index (χ3v) is 6.99. The Morgan fingerprint density at radius 2 is 2.21 bits per heavy atom. The fraction of sp³-hybridized carbons (Fsp3) is 0.263. The quantitative estimate of drug-likeness (QED) is 0.428. The second kappa shape index (κ2) is 11.2. The van der Waals surface area contributed by atoms with Crippen LogP contribution in [0.3, 0.4) is 0 Å². The zero-order valence-electron chi connectivity index (χ0n) is 15.4. The van der Waals surface area contributed by atoms with Crippen LogP contribution in [0.25, 0.3) is 0 Å². The van der Waals surface area contributed by atoms with E-state index in [1.54, 1.807) is 34.4 Å². The molecular formula is C19H18ClN5OS3. The van der Waals surface area contributed by atoms with Gasteiger partial charge in [-0.3, -0.25) is 4.79 Å². The van der Waals surface area contributed by atoms with Gasteiger partial charge in [-0.2, -0.15) is 5.26 Å². The number of nitrogens with one attached hydrogen (secondary N) is 1. The van der Waals surface area contributed by atoms with Crippen LogP contribution in [0.1, 0.15) is 11.3 Å². The average molecular weight is 464 g/mol. The molecule has 150 valence electrons. The normalized spacial score (nSPS) is 10.5. The van der Waals surface area contributed by atoms with Crippen LogP contribution in [0.5, 0.6) is 0 Å². The number of carbonyl (C=O) groups excluding carboxylic acids is 1. The predicted molar refractivity (Wildman–Crippen MR) is 121 cm³/mol. The molecule has 2 heterocycles. The molecule has 0 fully saturated rings. The number of halogens is 1. The van der Waals surface area contributed by atoms with Crippen molar-refractivity contribution in [2.45, 2.75) is 17.2 Å². The van der Waals surface area contributed by atoms with Crippen molar-refractivity contribution in [2.75, 3.05) is 29.1 Å². The summed E-state index contributed by atoms with van der Waals surface area (Å²) < 4.78 is 0.725. The van der Waals surface area contributed by atoms with Gasteiger partial charge >= 0.3 is 0 Å². The van der Waals surface area contributed by atoms with Gasteiger partial charge in [-0.1, -0.05) is 46.8 Å². The van der Waals surface area contributed by atoms with Crippen molar-refractivity contribution in [3.63, 3.8) is 0 Å². The van der Waals surface area contributed by atoms with Crippen molar-refractivity contribution in [3.8, 4) is 6.07 Å². The van der Waals surface area contributed by atoms with Gasteiger partial charge in [0.15, 0.2) is 4.34 Å². The van der Waals surface area contributed by atoms with Crippen LogP contribution in [-0.4, -0.2) is 34.9 Å². The van der Waals surface area contributed by atoms with Gasteiger partial charge in [0.25, 0.3) is 0 Å². The van der Waals surface area contributed by atoms with Crippen LogP contribution in [0.4, 0.5) is 10.8 Å². The predicted octanol–water partition coefficient (Wildman–Crippen LogP) is 4.95. The summed E-state index contributed by atoms with van der Waals surface area (Å²) in [6, 6.07) is 13.3. The third kappa shape index (κ3) is 6.72. The first-order chi connectivity index (χ1) is 14.2. The smallest absolute Gasteiger partial charge is 0.237 e. The topological polar surface area (TPSA) is 81.9 Å². The van der Waals surface area contributed by atoms with Crippen LogP contribution >= 0.6 is 46.0 Å². The molecular weight excluding hydrogens is 446 g/mol. The van der Waals surface area contributed by atoms with E-state index in [2.05, 4.69) is 33.0 Å². The Bertz CT molecular complexity index is 970. The molecule has 1 amide bonds. The lowest BCUT2D eigenvalue weighted by atomic mass is 10.2. The zero-order chi connectivity index (χ0) is 20.5. The Kier molecular flexibility index (Phi) is 8.31. The van der Waals surface area contributed by atoms with E-state index in [9.17, 15) is 4.79 Å². The Morgan fingerprint density at radius 1 is 1.31 bits per heavy atom. The first-order valence-electron chi connectivity index (χ1n) is 8.81. The number of amides is 1. The van der Waals surface area contributed by atoms with Crippen molar-refractivity contribution < 1.29 is 4.79 Å². The SMILES string of the molecule is N#CCCN(C(=O)CSc1nnc(NCCc2cccs2)s1)c1cccc(Cl)c1. The van der Waals surface area contributed by atoms with E-state index < -0.39 is 0 Å². The fourth-order valence-electron chi connectivity index (χ4n) is 2.49. The lowest BCUT2D eigenvalue weighted by Crippen LogP contribution is -2.33. The minimum absolute atomic E-state index is 0.102. The number of benzene rings is 1.